The molecule has 0 aliphatic rings. The van der Waals surface area contributed by atoms with E-state index in [1.807, 2.05) is 55.4 Å². The van der Waals surface area contributed by atoms with Gasteiger partial charge in [-0.3, -0.25) is 4.79 Å². The number of carbonyl (C=O) groups excluding carboxylic acids is 1. The normalized spacial score (nSPS) is 8.23. The highest BCUT2D eigenvalue weighted by Gasteiger charge is 1.81. The largest absolute Gasteiger partial charge is 0.466 e. The maximum absolute atomic E-state index is 9.82. The number of rotatable bonds is 9. The van der Waals surface area contributed by atoms with Gasteiger partial charge in [0, 0.05) is 59.8 Å². The third kappa shape index (κ3) is 109. The maximum Gasteiger partial charge on any atom is 0.302 e. The molecule has 0 N–H and O–H groups in total. The van der Waals surface area contributed by atoms with Crippen molar-refractivity contribution in [2.45, 2.75) is 69.2 Å². The Morgan fingerprint density at radius 2 is 0.654 bits per heavy atom. The number of carbonyl (C=O) groups is 1. The first-order chi connectivity index (χ1) is 12.4. The molecule has 0 atom stereocenters. The van der Waals surface area contributed by atoms with Gasteiger partial charge >= 0.3 is 5.97 Å². The summed E-state index contributed by atoms with van der Waals surface area (Å²) in [5, 5.41) is 0. The fraction of sp³-hybridized carbons (Fsp3) is 0.950. The molecule has 164 valence electrons. The molecule has 0 fully saturated rings. The first-order valence-electron chi connectivity index (χ1n) is 9.87. The molecule has 0 saturated carbocycles. The van der Waals surface area contributed by atoms with Crippen LogP contribution >= 0.6 is 0 Å². The highest BCUT2D eigenvalue weighted by molar-refractivity contribution is 5.65. The molecule has 0 rings (SSSR count). The average molecular weight is 385 g/mol. The predicted molar refractivity (Wildman–Crippen MR) is 111 cm³/mol. The Labute approximate surface area is 163 Å². The first-order valence-corrected chi connectivity index (χ1v) is 9.87. The van der Waals surface area contributed by atoms with Crippen molar-refractivity contribution in [3.63, 3.8) is 0 Å². The Morgan fingerprint density at radius 3 is 0.654 bits per heavy atom. The lowest BCUT2D eigenvalue weighted by atomic mass is 10.8. The maximum atomic E-state index is 9.82. The van der Waals surface area contributed by atoms with Crippen LogP contribution in [0.4, 0.5) is 0 Å². The fourth-order valence-corrected chi connectivity index (χ4v) is 1.02. The summed E-state index contributed by atoms with van der Waals surface area (Å²) < 4.78 is 23.7. The molecule has 26 heavy (non-hydrogen) atoms. The number of esters is 1. The molecule has 0 aliphatic carbocycles. The zero-order chi connectivity index (χ0) is 21.5. The van der Waals surface area contributed by atoms with Crippen LogP contribution in [0.5, 0.6) is 0 Å². The van der Waals surface area contributed by atoms with Gasteiger partial charge in [0.2, 0.25) is 0 Å². The van der Waals surface area contributed by atoms with Crippen molar-refractivity contribution in [3.05, 3.63) is 0 Å². The molecule has 0 heterocycles. The summed E-state index contributed by atoms with van der Waals surface area (Å²) >= 11 is 0. The molecule has 6 nitrogen and oxygen atoms in total. The molecule has 0 unspecified atom stereocenters. The van der Waals surface area contributed by atoms with E-state index in [9.17, 15) is 4.79 Å². The van der Waals surface area contributed by atoms with Gasteiger partial charge in [-0.15, -0.1) is 0 Å². The van der Waals surface area contributed by atoms with Gasteiger partial charge < -0.3 is 23.7 Å². The second-order valence-corrected chi connectivity index (χ2v) is 4.05. The fourth-order valence-electron chi connectivity index (χ4n) is 1.02. The zero-order valence-electron chi connectivity index (χ0n) is 19.3. The van der Waals surface area contributed by atoms with E-state index in [1.54, 1.807) is 6.92 Å². The van der Waals surface area contributed by atoms with E-state index in [-0.39, 0.29) is 5.97 Å². The SMILES string of the molecule is CCOC(C)=O.CCOCC.CCOCC.CCOCC.CCOCC. The molecule has 0 saturated heterocycles. The van der Waals surface area contributed by atoms with Gasteiger partial charge in [0.15, 0.2) is 0 Å². The van der Waals surface area contributed by atoms with E-state index < -0.39 is 0 Å². The van der Waals surface area contributed by atoms with Gasteiger partial charge in [-0.2, -0.15) is 0 Å². The lowest BCUT2D eigenvalue weighted by Crippen LogP contribution is -1.95. The van der Waals surface area contributed by atoms with Crippen LogP contribution in [0.3, 0.4) is 0 Å². The number of hydrogen-bond acceptors (Lipinski definition) is 6. The van der Waals surface area contributed by atoms with Gasteiger partial charge in [0.05, 0.1) is 6.61 Å². The van der Waals surface area contributed by atoms with Crippen LogP contribution in [0.15, 0.2) is 0 Å². The van der Waals surface area contributed by atoms with E-state index >= 15 is 0 Å². The summed E-state index contributed by atoms with van der Waals surface area (Å²) in [5.74, 6) is -0.211. The second-order valence-electron chi connectivity index (χ2n) is 4.05. The number of ether oxygens (including phenoxy) is 5. The van der Waals surface area contributed by atoms with E-state index in [1.165, 1.54) is 6.92 Å². The van der Waals surface area contributed by atoms with Crippen LogP contribution in [-0.4, -0.2) is 65.4 Å². The van der Waals surface area contributed by atoms with Gasteiger partial charge in [-0.25, -0.2) is 0 Å². The highest BCUT2D eigenvalue weighted by Crippen LogP contribution is 1.69. The second kappa shape index (κ2) is 49.7. The highest BCUT2D eigenvalue weighted by atomic mass is 16.5. The summed E-state index contributed by atoms with van der Waals surface area (Å²) in [6.07, 6.45) is 0. The third-order valence-electron chi connectivity index (χ3n) is 1.98. The van der Waals surface area contributed by atoms with Crippen molar-refractivity contribution in [1.82, 2.24) is 0 Å². The molecule has 0 amide bonds. The minimum Gasteiger partial charge on any atom is -0.466 e. The summed E-state index contributed by atoms with van der Waals surface area (Å²) in [7, 11) is 0. The Morgan fingerprint density at radius 1 is 0.462 bits per heavy atom. The van der Waals surface area contributed by atoms with Gasteiger partial charge in [-0.05, 0) is 62.3 Å². The van der Waals surface area contributed by atoms with E-state index in [0.29, 0.717) is 6.61 Å². The first kappa shape index (κ1) is 36.3. The molecule has 0 aromatic carbocycles. The van der Waals surface area contributed by atoms with Crippen molar-refractivity contribution < 1.29 is 28.5 Å². The quantitative estimate of drug-likeness (QED) is 0.535. The minimum absolute atomic E-state index is 0.211. The van der Waals surface area contributed by atoms with Crippen molar-refractivity contribution >= 4 is 5.97 Å². The minimum atomic E-state index is -0.211. The molecule has 0 bridgehead atoms. The average Bonchev–Trinajstić information content (AvgIpc) is 2.60. The molecule has 0 aromatic rings. The molecule has 6 heteroatoms. The zero-order valence-corrected chi connectivity index (χ0v) is 19.3. The number of hydrogen-bond donors (Lipinski definition) is 0. The van der Waals surface area contributed by atoms with Gasteiger partial charge in [0.25, 0.3) is 0 Å². The summed E-state index contributed by atoms with van der Waals surface area (Å²) in [6.45, 7) is 26.3. The standard InChI is InChI=1S/C4H8O2.4C4H10O/c1-3-6-4(2)5;4*1-3-5-4-2/h3H2,1-2H3;4*3-4H2,1-2H3. The third-order valence-corrected chi connectivity index (χ3v) is 1.98. The van der Waals surface area contributed by atoms with Gasteiger partial charge in [-0.1, -0.05) is 0 Å². The summed E-state index contributed by atoms with van der Waals surface area (Å²) in [6, 6.07) is 0. The monoisotopic (exact) mass is 384 g/mol. The summed E-state index contributed by atoms with van der Waals surface area (Å²) in [4.78, 5) is 9.82. The molecule has 0 aliphatic heterocycles. The van der Waals surface area contributed by atoms with Crippen LogP contribution in [0.25, 0.3) is 0 Å². The van der Waals surface area contributed by atoms with E-state index in [0.717, 1.165) is 52.9 Å². The lowest BCUT2D eigenvalue weighted by molar-refractivity contribution is -0.140. The van der Waals surface area contributed by atoms with Crippen LogP contribution in [0.1, 0.15) is 69.2 Å². The topological polar surface area (TPSA) is 63.2 Å². The summed E-state index contributed by atoms with van der Waals surface area (Å²) in [5.41, 5.74) is 0. The Balaban J connectivity index is -0.0000000708. The van der Waals surface area contributed by atoms with E-state index in [4.69, 9.17) is 18.9 Å². The molecular weight excluding hydrogens is 336 g/mol. The van der Waals surface area contributed by atoms with Gasteiger partial charge in [0.1, 0.15) is 0 Å². The Kier molecular flexibility index (Phi) is 69.3. The van der Waals surface area contributed by atoms with Crippen LogP contribution in [0, 0.1) is 0 Å². The predicted octanol–water partition coefficient (Wildman–Crippen LogP) is 4.74. The van der Waals surface area contributed by atoms with Crippen molar-refractivity contribution in [2.24, 2.45) is 0 Å². The molecule has 0 aromatic heterocycles. The van der Waals surface area contributed by atoms with Crippen LogP contribution in [-0.2, 0) is 28.5 Å². The molecule has 0 spiro atoms. The Bertz CT molecular complexity index is 157. The smallest absolute Gasteiger partial charge is 0.302 e. The Hall–Kier alpha value is -0.690. The molecular formula is C20H48O6. The van der Waals surface area contributed by atoms with Crippen LogP contribution in [0.2, 0.25) is 0 Å². The lowest BCUT2D eigenvalue weighted by Gasteiger charge is -1.89. The molecule has 0 radical (unpaired) electrons. The van der Waals surface area contributed by atoms with Crippen molar-refractivity contribution in [3.8, 4) is 0 Å². The van der Waals surface area contributed by atoms with Crippen LogP contribution < -0.4 is 0 Å². The van der Waals surface area contributed by atoms with Crippen molar-refractivity contribution in [1.29, 1.82) is 0 Å². The van der Waals surface area contributed by atoms with E-state index in [2.05, 4.69) is 4.74 Å². The van der Waals surface area contributed by atoms with Crippen molar-refractivity contribution in [2.75, 3.05) is 59.5 Å².